The van der Waals surface area contributed by atoms with Crippen molar-refractivity contribution in [3.63, 3.8) is 0 Å². The highest BCUT2D eigenvalue weighted by atomic mass is 35.5. The largest absolute Gasteiger partial charge is 0.327 e. The molecule has 0 fully saturated rings. The van der Waals surface area contributed by atoms with Crippen LogP contribution in [0.3, 0.4) is 0 Å². The molecule has 2 rings (SSSR count). The van der Waals surface area contributed by atoms with Crippen molar-refractivity contribution in [1.82, 2.24) is 9.78 Å². The van der Waals surface area contributed by atoms with Gasteiger partial charge in [-0.3, -0.25) is 4.68 Å². The molecule has 0 saturated carbocycles. The standard InChI is InChI=1S/C15H20ClN3/c1-10-5-4-6-12(7-10)8-13(17)9-14-15(16)11(2)18-19(14)3/h4-7,13H,8-9,17H2,1-3H3. The summed E-state index contributed by atoms with van der Waals surface area (Å²) in [5.41, 5.74) is 10.6. The number of nitrogens with two attached hydrogens (primary N) is 1. The second-order valence-electron chi connectivity index (χ2n) is 5.13. The highest BCUT2D eigenvalue weighted by Crippen LogP contribution is 2.21. The van der Waals surface area contributed by atoms with Crippen LogP contribution in [0, 0.1) is 13.8 Å². The molecule has 1 unspecified atom stereocenters. The van der Waals surface area contributed by atoms with Crippen molar-refractivity contribution in [2.75, 3.05) is 0 Å². The molecule has 0 aliphatic carbocycles. The van der Waals surface area contributed by atoms with Crippen molar-refractivity contribution in [1.29, 1.82) is 0 Å². The lowest BCUT2D eigenvalue weighted by molar-refractivity contribution is 0.612. The summed E-state index contributed by atoms with van der Waals surface area (Å²) in [6, 6.07) is 8.50. The monoisotopic (exact) mass is 277 g/mol. The third kappa shape index (κ3) is 3.37. The summed E-state index contributed by atoms with van der Waals surface area (Å²) >= 11 is 6.25. The van der Waals surface area contributed by atoms with E-state index in [2.05, 4.69) is 36.3 Å². The Morgan fingerprint density at radius 2 is 2.05 bits per heavy atom. The number of rotatable bonds is 4. The Hall–Kier alpha value is -1.32. The van der Waals surface area contributed by atoms with Gasteiger partial charge in [-0.25, -0.2) is 0 Å². The fourth-order valence-electron chi connectivity index (χ4n) is 2.36. The maximum Gasteiger partial charge on any atom is 0.0847 e. The molecule has 2 aromatic rings. The van der Waals surface area contributed by atoms with Gasteiger partial charge in [-0.15, -0.1) is 0 Å². The molecule has 1 aromatic carbocycles. The van der Waals surface area contributed by atoms with Crippen molar-refractivity contribution in [2.45, 2.75) is 32.7 Å². The van der Waals surface area contributed by atoms with Crippen LogP contribution in [0.4, 0.5) is 0 Å². The number of aryl methyl sites for hydroxylation is 3. The number of hydrogen-bond acceptors (Lipinski definition) is 2. The zero-order valence-corrected chi connectivity index (χ0v) is 12.4. The van der Waals surface area contributed by atoms with E-state index in [-0.39, 0.29) is 6.04 Å². The summed E-state index contributed by atoms with van der Waals surface area (Å²) in [5.74, 6) is 0. The molecule has 0 aliphatic rings. The smallest absolute Gasteiger partial charge is 0.0847 e. The lowest BCUT2D eigenvalue weighted by Crippen LogP contribution is -2.26. The van der Waals surface area contributed by atoms with E-state index in [9.17, 15) is 0 Å². The van der Waals surface area contributed by atoms with Crippen LogP contribution in [0.2, 0.25) is 5.02 Å². The second-order valence-corrected chi connectivity index (χ2v) is 5.51. The van der Waals surface area contributed by atoms with Gasteiger partial charge in [0, 0.05) is 19.5 Å². The van der Waals surface area contributed by atoms with Crippen molar-refractivity contribution >= 4 is 11.6 Å². The third-order valence-corrected chi connectivity index (χ3v) is 3.79. The normalized spacial score (nSPS) is 12.7. The topological polar surface area (TPSA) is 43.8 Å². The molecule has 0 amide bonds. The Bertz CT molecular complexity index is 575. The quantitative estimate of drug-likeness (QED) is 0.934. The minimum Gasteiger partial charge on any atom is -0.327 e. The van der Waals surface area contributed by atoms with Crippen molar-refractivity contribution in [3.8, 4) is 0 Å². The minimum absolute atomic E-state index is 0.0501. The molecule has 19 heavy (non-hydrogen) atoms. The molecule has 0 spiro atoms. The molecule has 1 atom stereocenters. The Morgan fingerprint density at radius 3 is 2.63 bits per heavy atom. The van der Waals surface area contributed by atoms with E-state index >= 15 is 0 Å². The summed E-state index contributed by atoms with van der Waals surface area (Å²) in [4.78, 5) is 0. The molecule has 0 bridgehead atoms. The molecule has 2 N–H and O–H groups in total. The van der Waals surface area contributed by atoms with E-state index in [1.165, 1.54) is 11.1 Å². The van der Waals surface area contributed by atoms with Crippen LogP contribution in [0.25, 0.3) is 0 Å². The number of aromatic nitrogens is 2. The fourth-order valence-corrected chi connectivity index (χ4v) is 2.60. The average molecular weight is 278 g/mol. The van der Waals surface area contributed by atoms with Crippen molar-refractivity contribution < 1.29 is 0 Å². The van der Waals surface area contributed by atoms with Gasteiger partial charge in [0.25, 0.3) is 0 Å². The predicted octanol–water partition coefficient (Wildman–Crippen LogP) is 2.80. The van der Waals surface area contributed by atoms with Gasteiger partial charge in [-0.1, -0.05) is 41.4 Å². The molecular weight excluding hydrogens is 258 g/mol. The molecule has 102 valence electrons. The van der Waals surface area contributed by atoms with Crippen molar-refractivity contribution in [3.05, 3.63) is 51.8 Å². The molecule has 0 saturated heterocycles. The summed E-state index contributed by atoms with van der Waals surface area (Å²) < 4.78 is 1.83. The van der Waals surface area contributed by atoms with Crippen LogP contribution in [0.1, 0.15) is 22.5 Å². The van der Waals surface area contributed by atoms with Gasteiger partial charge in [0.15, 0.2) is 0 Å². The van der Waals surface area contributed by atoms with Crippen LogP contribution in [-0.4, -0.2) is 15.8 Å². The first-order chi connectivity index (χ1) is 8.97. The van der Waals surface area contributed by atoms with E-state index in [4.69, 9.17) is 17.3 Å². The van der Waals surface area contributed by atoms with Gasteiger partial charge >= 0.3 is 0 Å². The molecule has 0 radical (unpaired) electrons. The first-order valence-electron chi connectivity index (χ1n) is 6.46. The van der Waals surface area contributed by atoms with Gasteiger partial charge in [-0.2, -0.15) is 5.10 Å². The van der Waals surface area contributed by atoms with Crippen LogP contribution < -0.4 is 5.73 Å². The first-order valence-corrected chi connectivity index (χ1v) is 6.84. The average Bonchev–Trinajstić information content (AvgIpc) is 2.56. The summed E-state index contributed by atoms with van der Waals surface area (Å²) in [7, 11) is 1.91. The first kappa shape index (κ1) is 14.1. The van der Waals surface area contributed by atoms with Crippen LogP contribution in [0.5, 0.6) is 0 Å². The van der Waals surface area contributed by atoms with E-state index in [0.29, 0.717) is 0 Å². The van der Waals surface area contributed by atoms with E-state index in [1.807, 2.05) is 18.7 Å². The minimum atomic E-state index is 0.0501. The van der Waals surface area contributed by atoms with Gasteiger partial charge in [0.05, 0.1) is 16.4 Å². The third-order valence-electron chi connectivity index (χ3n) is 3.30. The molecule has 1 aromatic heterocycles. The van der Waals surface area contributed by atoms with E-state index < -0.39 is 0 Å². The van der Waals surface area contributed by atoms with Crippen LogP contribution in [-0.2, 0) is 19.9 Å². The summed E-state index contributed by atoms with van der Waals surface area (Å²) in [5, 5.41) is 5.05. The van der Waals surface area contributed by atoms with Crippen LogP contribution >= 0.6 is 11.6 Å². The van der Waals surface area contributed by atoms with E-state index in [0.717, 1.165) is 29.3 Å². The second kappa shape index (κ2) is 5.76. The molecular formula is C15H20ClN3. The lowest BCUT2D eigenvalue weighted by atomic mass is 10.0. The van der Waals surface area contributed by atoms with Gasteiger partial charge < -0.3 is 5.73 Å². The Morgan fingerprint density at radius 1 is 1.32 bits per heavy atom. The van der Waals surface area contributed by atoms with Gasteiger partial charge in [0.1, 0.15) is 0 Å². The maximum absolute atomic E-state index is 6.25. The molecule has 0 aliphatic heterocycles. The number of benzene rings is 1. The van der Waals surface area contributed by atoms with Crippen LogP contribution in [0.15, 0.2) is 24.3 Å². The number of halogens is 1. The van der Waals surface area contributed by atoms with E-state index in [1.54, 1.807) is 0 Å². The number of nitrogens with zero attached hydrogens (tertiary/aromatic N) is 2. The fraction of sp³-hybridized carbons (Fsp3) is 0.400. The highest BCUT2D eigenvalue weighted by Gasteiger charge is 2.14. The molecule has 3 nitrogen and oxygen atoms in total. The maximum atomic E-state index is 6.25. The molecule has 4 heteroatoms. The highest BCUT2D eigenvalue weighted by molar-refractivity contribution is 6.31. The SMILES string of the molecule is Cc1cccc(CC(N)Cc2c(Cl)c(C)nn2C)c1. The Balaban J connectivity index is 2.07. The van der Waals surface area contributed by atoms with Crippen molar-refractivity contribution in [2.24, 2.45) is 12.8 Å². The molecule has 1 heterocycles. The predicted molar refractivity (Wildman–Crippen MR) is 79.5 cm³/mol. The van der Waals surface area contributed by atoms with Gasteiger partial charge in [0.2, 0.25) is 0 Å². The Kier molecular flexibility index (Phi) is 4.27. The summed E-state index contributed by atoms with van der Waals surface area (Å²) in [6.07, 6.45) is 1.59. The lowest BCUT2D eigenvalue weighted by Gasteiger charge is -2.12. The zero-order chi connectivity index (χ0) is 14.0. The number of hydrogen-bond donors (Lipinski definition) is 1. The van der Waals surface area contributed by atoms with Gasteiger partial charge in [-0.05, 0) is 25.8 Å². The zero-order valence-electron chi connectivity index (χ0n) is 11.7. The Labute approximate surface area is 119 Å². The summed E-state index contributed by atoms with van der Waals surface area (Å²) in [6.45, 7) is 4.01.